The molecule has 124 valence electrons. The van der Waals surface area contributed by atoms with Crippen molar-refractivity contribution in [1.29, 1.82) is 0 Å². The van der Waals surface area contributed by atoms with Crippen LogP contribution < -0.4 is 0 Å². The van der Waals surface area contributed by atoms with Crippen molar-refractivity contribution in [3.05, 3.63) is 66.5 Å². The highest BCUT2D eigenvalue weighted by atomic mass is 15.3. The van der Waals surface area contributed by atoms with E-state index in [1.807, 2.05) is 35.4 Å². The fourth-order valence-corrected chi connectivity index (χ4v) is 3.53. The van der Waals surface area contributed by atoms with E-state index in [0.717, 1.165) is 31.0 Å². The third kappa shape index (κ3) is 3.12. The minimum absolute atomic E-state index is 0.582. The molecule has 1 fully saturated rings. The van der Waals surface area contributed by atoms with Gasteiger partial charge in [-0.05, 0) is 38.4 Å². The SMILES string of the molecule is Cc1nn(-c2ccccc2)cc1CN1CCCC1Cn1ccnc1. The minimum Gasteiger partial charge on any atom is -0.336 e. The van der Waals surface area contributed by atoms with Gasteiger partial charge in [0.1, 0.15) is 0 Å². The van der Waals surface area contributed by atoms with E-state index in [2.05, 4.69) is 45.9 Å². The van der Waals surface area contributed by atoms with Gasteiger partial charge in [-0.15, -0.1) is 0 Å². The van der Waals surface area contributed by atoms with Crippen molar-refractivity contribution in [2.45, 2.75) is 38.9 Å². The summed E-state index contributed by atoms with van der Waals surface area (Å²) >= 11 is 0. The maximum Gasteiger partial charge on any atom is 0.0946 e. The molecule has 1 saturated heterocycles. The molecule has 0 aliphatic carbocycles. The monoisotopic (exact) mass is 321 g/mol. The number of hydrogen-bond donors (Lipinski definition) is 0. The zero-order chi connectivity index (χ0) is 16.4. The second kappa shape index (κ2) is 6.61. The summed E-state index contributed by atoms with van der Waals surface area (Å²) in [5, 5.41) is 4.70. The Morgan fingerprint density at radius 2 is 2.08 bits per heavy atom. The Morgan fingerprint density at radius 3 is 2.88 bits per heavy atom. The van der Waals surface area contributed by atoms with Crippen molar-refractivity contribution >= 4 is 0 Å². The van der Waals surface area contributed by atoms with E-state index < -0.39 is 0 Å². The molecular formula is C19H23N5. The Balaban J connectivity index is 1.49. The van der Waals surface area contributed by atoms with Crippen LogP contribution >= 0.6 is 0 Å². The molecule has 0 saturated carbocycles. The van der Waals surface area contributed by atoms with E-state index in [1.165, 1.54) is 18.4 Å². The average molecular weight is 321 g/mol. The van der Waals surface area contributed by atoms with Gasteiger partial charge in [-0.25, -0.2) is 9.67 Å². The van der Waals surface area contributed by atoms with Gasteiger partial charge in [0.25, 0.3) is 0 Å². The first-order valence-electron chi connectivity index (χ1n) is 8.60. The van der Waals surface area contributed by atoms with Gasteiger partial charge >= 0.3 is 0 Å². The van der Waals surface area contributed by atoms with Crippen LogP contribution in [-0.2, 0) is 13.1 Å². The molecule has 4 rings (SSSR count). The molecule has 1 unspecified atom stereocenters. The third-order valence-electron chi connectivity index (χ3n) is 4.87. The lowest BCUT2D eigenvalue weighted by Crippen LogP contribution is -2.32. The predicted octanol–water partition coefficient (Wildman–Crippen LogP) is 3.04. The predicted molar refractivity (Wildman–Crippen MR) is 94.0 cm³/mol. The lowest BCUT2D eigenvalue weighted by atomic mass is 10.2. The zero-order valence-corrected chi connectivity index (χ0v) is 14.0. The summed E-state index contributed by atoms with van der Waals surface area (Å²) in [4.78, 5) is 6.74. The molecule has 1 aromatic carbocycles. The van der Waals surface area contributed by atoms with E-state index >= 15 is 0 Å². The first-order valence-corrected chi connectivity index (χ1v) is 8.60. The van der Waals surface area contributed by atoms with Crippen LogP contribution in [0.4, 0.5) is 0 Å². The molecule has 24 heavy (non-hydrogen) atoms. The van der Waals surface area contributed by atoms with Crippen molar-refractivity contribution in [2.24, 2.45) is 0 Å². The number of likely N-dealkylation sites (tertiary alicyclic amines) is 1. The summed E-state index contributed by atoms with van der Waals surface area (Å²) in [5.41, 5.74) is 3.55. The average Bonchev–Trinajstić information content (AvgIpc) is 3.33. The summed E-state index contributed by atoms with van der Waals surface area (Å²) in [6, 6.07) is 10.9. The maximum absolute atomic E-state index is 4.70. The van der Waals surface area contributed by atoms with Crippen molar-refractivity contribution < 1.29 is 0 Å². The number of rotatable bonds is 5. The Morgan fingerprint density at radius 1 is 1.21 bits per heavy atom. The lowest BCUT2D eigenvalue weighted by molar-refractivity contribution is 0.224. The molecule has 0 spiro atoms. The number of hydrogen-bond acceptors (Lipinski definition) is 3. The van der Waals surface area contributed by atoms with Gasteiger partial charge in [0.15, 0.2) is 0 Å². The third-order valence-corrected chi connectivity index (χ3v) is 4.87. The smallest absolute Gasteiger partial charge is 0.0946 e. The first kappa shape index (κ1) is 15.1. The summed E-state index contributed by atoms with van der Waals surface area (Å²) < 4.78 is 4.18. The van der Waals surface area contributed by atoms with E-state index in [1.54, 1.807) is 0 Å². The molecule has 5 nitrogen and oxygen atoms in total. The molecule has 3 heterocycles. The largest absolute Gasteiger partial charge is 0.336 e. The minimum atomic E-state index is 0.582. The summed E-state index contributed by atoms with van der Waals surface area (Å²) in [5.74, 6) is 0. The van der Waals surface area contributed by atoms with Gasteiger partial charge in [0, 0.05) is 43.3 Å². The van der Waals surface area contributed by atoms with Crippen molar-refractivity contribution in [3.8, 4) is 5.69 Å². The van der Waals surface area contributed by atoms with Gasteiger partial charge in [-0.3, -0.25) is 4.90 Å². The fourth-order valence-electron chi connectivity index (χ4n) is 3.53. The van der Waals surface area contributed by atoms with Crippen molar-refractivity contribution in [2.75, 3.05) is 6.54 Å². The van der Waals surface area contributed by atoms with Crippen molar-refractivity contribution in [1.82, 2.24) is 24.2 Å². The Bertz CT molecular complexity index is 775. The van der Waals surface area contributed by atoms with Crippen LogP contribution in [0.25, 0.3) is 5.69 Å². The standard InChI is InChI=1S/C19H23N5/c1-16-17(13-24(21-16)18-6-3-2-4-7-18)12-23-10-5-8-19(23)14-22-11-9-20-15-22/h2-4,6-7,9,11,13,15,19H,5,8,10,12,14H2,1H3. The molecule has 0 radical (unpaired) electrons. The molecule has 3 aromatic rings. The van der Waals surface area contributed by atoms with Crippen LogP contribution in [0.1, 0.15) is 24.1 Å². The number of benzene rings is 1. The second-order valence-corrected chi connectivity index (χ2v) is 6.55. The van der Waals surface area contributed by atoms with Gasteiger partial charge in [0.2, 0.25) is 0 Å². The molecular weight excluding hydrogens is 298 g/mol. The molecule has 0 N–H and O–H groups in total. The van der Waals surface area contributed by atoms with Crippen molar-refractivity contribution in [3.63, 3.8) is 0 Å². The van der Waals surface area contributed by atoms with Crippen LogP contribution in [0.2, 0.25) is 0 Å². The highest BCUT2D eigenvalue weighted by Gasteiger charge is 2.25. The molecule has 2 aromatic heterocycles. The van der Waals surface area contributed by atoms with E-state index in [4.69, 9.17) is 5.10 Å². The fraction of sp³-hybridized carbons (Fsp3) is 0.368. The molecule has 1 atom stereocenters. The molecule has 0 amide bonds. The number of nitrogens with zero attached hydrogens (tertiary/aromatic N) is 5. The topological polar surface area (TPSA) is 38.9 Å². The Labute approximate surface area is 142 Å². The summed E-state index contributed by atoms with van der Waals surface area (Å²) in [6.45, 7) is 5.26. The van der Waals surface area contributed by atoms with E-state index in [9.17, 15) is 0 Å². The van der Waals surface area contributed by atoms with Crippen LogP contribution in [0.3, 0.4) is 0 Å². The second-order valence-electron chi connectivity index (χ2n) is 6.55. The lowest BCUT2D eigenvalue weighted by Gasteiger charge is -2.24. The zero-order valence-electron chi connectivity index (χ0n) is 14.0. The summed E-state index contributed by atoms with van der Waals surface area (Å²) in [6.07, 6.45) is 10.5. The highest BCUT2D eigenvalue weighted by molar-refractivity contribution is 5.32. The maximum atomic E-state index is 4.70. The molecule has 5 heteroatoms. The number of para-hydroxylation sites is 1. The van der Waals surface area contributed by atoms with Crippen LogP contribution in [-0.4, -0.2) is 36.8 Å². The quantitative estimate of drug-likeness (QED) is 0.725. The van der Waals surface area contributed by atoms with Gasteiger partial charge < -0.3 is 4.57 Å². The van der Waals surface area contributed by atoms with Crippen LogP contribution in [0.15, 0.2) is 55.2 Å². The van der Waals surface area contributed by atoms with Gasteiger partial charge in [-0.2, -0.15) is 5.10 Å². The Hall–Kier alpha value is -2.40. The highest BCUT2D eigenvalue weighted by Crippen LogP contribution is 2.23. The van der Waals surface area contributed by atoms with Gasteiger partial charge in [-0.1, -0.05) is 18.2 Å². The normalized spacial score (nSPS) is 18.3. The molecule has 0 bridgehead atoms. The summed E-state index contributed by atoms with van der Waals surface area (Å²) in [7, 11) is 0. The number of aryl methyl sites for hydroxylation is 1. The number of imidazole rings is 1. The number of aromatic nitrogens is 4. The first-order chi connectivity index (χ1) is 11.8. The van der Waals surface area contributed by atoms with E-state index in [0.29, 0.717) is 6.04 Å². The van der Waals surface area contributed by atoms with Crippen LogP contribution in [0.5, 0.6) is 0 Å². The van der Waals surface area contributed by atoms with E-state index in [-0.39, 0.29) is 0 Å². The molecule has 1 aliphatic rings. The molecule has 1 aliphatic heterocycles. The van der Waals surface area contributed by atoms with Gasteiger partial charge in [0.05, 0.1) is 17.7 Å². The Kier molecular flexibility index (Phi) is 4.17. The van der Waals surface area contributed by atoms with Crippen LogP contribution in [0, 0.1) is 6.92 Å².